The van der Waals surface area contributed by atoms with E-state index in [2.05, 4.69) is 22.0 Å². The van der Waals surface area contributed by atoms with Crippen LogP contribution >= 0.6 is 15.9 Å². The average molecular weight is 326 g/mol. The summed E-state index contributed by atoms with van der Waals surface area (Å²) in [6.07, 6.45) is 5.12. The van der Waals surface area contributed by atoms with Crippen molar-refractivity contribution < 1.29 is 4.21 Å². The van der Waals surface area contributed by atoms with Crippen molar-refractivity contribution in [2.24, 2.45) is 5.92 Å². The van der Waals surface area contributed by atoms with Crippen LogP contribution in [-0.4, -0.2) is 9.46 Å². The molecule has 1 aromatic rings. The molecule has 1 fully saturated rings. The molecule has 3 atom stereocenters. The van der Waals surface area contributed by atoms with Crippen molar-refractivity contribution >= 4 is 26.7 Å². The molecule has 0 aliphatic heterocycles. The Labute approximate surface area is 119 Å². The number of nitriles is 1. The van der Waals surface area contributed by atoms with Gasteiger partial charge < -0.3 is 0 Å². The third-order valence-corrected chi connectivity index (χ3v) is 5.75. The van der Waals surface area contributed by atoms with Gasteiger partial charge in [-0.25, -0.2) is 0 Å². The molecule has 0 amide bonds. The van der Waals surface area contributed by atoms with Crippen LogP contribution in [0.4, 0.5) is 0 Å². The molecule has 0 aromatic heterocycles. The van der Waals surface area contributed by atoms with Crippen molar-refractivity contribution in [2.75, 3.05) is 0 Å². The summed E-state index contributed by atoms with van der Waals surface area (Å²) in [4.78, 5) is 0.830. The molecule has 0 spiro atoms. The monoisotopic (exact) mass is 325 g/mol. The molecule has 4 heteroatoms. The number of rotatable bonds is 2. The molecule has 1 aliphatic carbocycles. The summed E-state index contributed by atoms with van der Waals surface area (Å²) in [6.45, 7) is 0. The van der Waals surface area contributed by atoms with Gasteiger partial charge in [-0.15, -0.1) is 0 Å². The predicted molar refractivity (Wildman–Crippen MR) is 76.5 cm³/mol. The molecule has 0 bridgehead atoms. The van der Waals surface area contributed by atoms with Gasteiger partial charge in [-0.1, -0.05) is 41.3 Å². The zero-order valence-electron chi connectivity index (χ0n) is 10.1. The van der Waals surface area contributed by atoms with Gasteiger partial charge in [0.25, 0.3) is 0 Å². The summed E-state index contributed by atoms with van der Waals surface area (Å²) >= 11 is 3.40. The molecule has 2 nitrogen and oxygen atoms in total. The Morgan fingerprint density at radius 1 is 1.28 bits per heavy atom. The summed E-state index contributed by atoms with van der Waals surface area (Å²) in [5.41, 5.74) is 0. The summed E-state index contributed by atoms with van der Waals surface area (Å²) in [6, 6.07) is 9.97. The summed E-state index contributed by atoms with van der Waals surface area (Å²) < 4.78 is 13.6. The van der Waals surface area contributed by atoms with E-state index in [9.17, 15) is 9.47 Å². The first kappa shape index (κ1) is 13.8. The minimum Gasteiger partial charge on any atom is -0.254 e. The maximum atomic E-state index is 12.6. The van der Waals surface area contributed by atoms with Crippen LogP contribution in [-0.2, 0) is 10.8 Å². The van der Waals surface area contributed by atoms with Gasteiger partial charge in [0.15, 0.2) is 0 Å². The maximum absolute atomic E-state index is 12.6. The van der Waals surface area contributed by atoms with Crippen LogP contribution in [0.2, 0.25) is 0 Å². The number of nitrogens with zero attached hydrogens (tertiary/aromatic N) is 1. The fourth-order valence-electron chi connectivity index (χ4n) is 2.44. The minimum absolute atomic E-state index is 0.00759. The molecule has 1 aromatic carbocycles. The topological polar surface area (TPSA) is 40.9 Å². The molecule has 3 unspecified atom stereocenters. The third-order valence-electron chi connectivity index (χ3n) is 3.42. The smallest absolute Gasteiger partial charge is 0.0668 e. The minimum atomic E-state index is -1.07. The fraction of sp³-hybridized carbons (Fsp3) is 0.500. The molecule has 0 radical (unpaired) electrons. The van der Waals surface area contributed by atoms with Crippen LogP contribution in [0, 0.1) is 17.2 Å². The van der Waals surface area contributed by atoms with Gasteiger partial charge in [0.05, 0.1) is 28.0 Å². The Hall–Kier alpha value is -0.660. The number of hydrogen-bond donors (Lipinski definition) is 0. The molecule has 0 saturated heterocycles. The molecule has 0 heterocycles. The Kier molecular flexibility index (Phi) is 4.96. The van der Waals surface area contributed by atoms with Gasteiger partial charge >= 0.3 is 0 Å². The molecular weight excluding hydrogens is 310 g/mol. The highest BCUT2D eigenvalue weighted by atomic mass is 79.9. The molecule has 1 saturated carbocycles. The zero-order valence-corrected chi connectivity index (χ0v) is 12.5. The molecule has 0 N–H and O–H groups in total. The van der Waals surface area contributed by atoms with Crippen molar-refractivity contribution in [3.63, 3.8) is 0 Å². The highest BCUT2D eigenvalue weighted by Gasteiger charge is 2.29. The lowest BCUT2D eigenvalue weighted by Gasteiger charge is -2.18. The van der Waals surface area contributed by atoms with Gasteiger partial charge in [0.2, 0.25) is 0 Å². The second-order valence-corrected chi connectivity index (χ2v) is 7.25. The lowest BCUT2D eigenvalue weighted by atomic mass is 10.0. The van der Waals surface area contributed by atoms with Crippen LogP contribution in [0.3, 0.4) is 0 Å². The SMILES string of the molecule is N#CC1CCCCCC1S(=O)c1cccc(Br)c1. The summed E-state index contributed by atoms with van der Waals surface area (Å²) in [7, 11) is -1.07. The van der Waals surface area contributed by atoms with Gasteiger partial charge in [-0.05, 0) is 31.0 Å². The second-order valence-electron chi connectivity index (χ2n) is 4.67. The van der Waals surface area contributed by atoms with Crippen LogP contribution in [0.5, 0.6) is 0 Å². The predicted octanol–water partition coefficient (Wildman–Crippen LogP) is 4.03. The lowest BCUT2D eigenvalue weighted by molar-refractivity contribution is 0.564. The molecule has 18 heavy (non-hydrogen) atoms. The van der Waals surface area contributed by atoms with E-state index >= 15 is 0 Å². The highest BCUT2D eigenvalue weighted by Crippen LogP contribution is 2.30. The Balaban J connectivity index is 2.23. The van der Waals surface area contributed by atoms with E-state index < -0.39 is 10.8 Å². The van der Waals surface area contributed by atoms with Gasteiger partial charge in [-0.3, -0.25) is 4.21 Å². The van der Waals surface area contributed by atoms with Crippen molar-refractivity contribution in [3.8, 4) is 6.07 Å². The van der Waals surface area contributed by atoms with Crippen LogP contribution in [0.25, 0.3) is 0 Å². The van der Waals surface area contributed by atoms with E-state index in [1.54, 1.807) is 0 Å². The normalized spacial score (nSPS) is 26.0. The first-order chi connectivity index (χ1) is 8.72. The first-order valence-corrected chi connectivity index (χ1v) is 8.28. The Morgan fingerprint density at radius 3 is 2.78 bits per heavy atom. The van der Waals surface area contributed by atoms with Crippen LogP contribution in [0.1, 0.15) is 32.1 Å². The first-order valence-electron chi connectivity index (χ1n) is 6.28. The quantitative estimate of drug-likeness (QED) is 0.770. The number of benzene rings is 1. The second kappa shape index (κ2) is 6.49. The number of halogens is 1. The molecule has 1 aliphatic rings. The third kappa shape index (κ3) is 3.21. The Bertz CT molecular complexity index is 483. The van der Waals surface area contributed by atoms with Gasteiger partial charge in [0, 0.05) is 9.37 Å². The average Bonchev–Trinajstić information content (AvgIpc) is 2.62. The van der Waals surface area contributed by atoms with Gasteiger partial charge in [-0.2, -0.15) is 5.26 Å². The van der Waals surface area contributed by atoms with Gasteiger partial charge in [0.1, 0.15) is 0 Å². The van der Waals surface area contributed by atoms with Crippen molar-refractivity contribution in [3.05, 3.63) is 28.7 Å². The van der Waals surface area contributed by atoms with E-state index in [0.717, 1.165) is 41.5 Å². The Morgan fingerprint density at radius 2 is 2.06 bits per heavy atom. The van der Waals surface area contributed by atoms with Crippen LogP contribution in [0.15, 0.2) is 33.6 Å². The van der Waals surface area contributed by atoms with E-state index in [-0.39, 0.29) is 11.2 Å². The summed E-state index contributed by atoms with van der Waals surface area (Å²) in [5.74, 6) is -0.0627. The fourth-order valence-corrected chi connectivity index (χ4v) is 4.68. The van der Waals surface area contributed by atoms with Crippen LogP contribution < -0.4 is 0 Å². The summed E-state index contributed by atoms with van der Waals surface area (Å²) in [5, 5.41) is 9.24. The van der Waals surface area contributed by atoms with Crippen molar-refractivity contribution in [1.29, 1.82) is 5.26 Å². The lowest BCUT2D eigenvalue weighted by Crippen LogP contribution is -2.23. The van der Waals surface area contributed by atoms with Crippen molar-refractivity contribution in [1.82, 2.24) is 0 Å². The highest BCUT2D eigenvalue weighted by molar-refractivity contribution is 9.10. The van der Waals surface area contributed by atoms with E-state index in [1.165, 1.54) is 0 Å². The largest absolute Gasteiger partial charge is 0.254 e. The molecule has 2 rings (SSSR count). The zero-order chi connectivity index (χ0) is 13.0. The molecule has 96 valence electrons. The maximum Gasteiger partial charge on any atom is 0.0668 e. The van der Waals surface area contributed by atoms with E-state index in [4.69, 9.17) is 0 Å². The number of hydrogen-bond acceptors (Lipinski definition) is 2. The van der Waals surface area contributed by atoms with E-state index in [1.807, 2.05) is 24.3 Å². The van der Waals surface area contributed by atoms with E-state index in [0.29, 0.717) is 0 Å². The van der Waals surface area contributed by atoms with Crippen molar-refractivity contribution in [2.45, 2.75) is 42.2 Å². The standard InChI is InChI=1S/C14H16BrNOS/c15-12-6-4-7-13(9-12)18(17)14-8-3-1-2-5-11(14)10-16/h4,6-7,9,11,14H,1-3,5,8H2. The molecular formula is C14H16BrNOS.